The zero-order valence-corrected chi connectivity index (χ0v) is 19.7. The van der Waals surface area contributed by atoms with Gasteiger partial charge in [0.25, 0.3) is 5.91 Å². The van der Waals surface area contributed by atoms with Crippen molar-refractivity contribution >= 4 is 46.0 Å². The second-order valence-electron chi connectivity index (χ2n) is 7.12. The zero-order chi connectivity index (χ0) is 23.0. The summed E-state index contributed by atoms with van der Waals surface area (Å²) in [6.45, 7) is 1.00. The van der Waals surface area contributed by atoms with Gasteiger partial charge in [0.1, 0.15) is 17.2 Å². The molecule has 0 atom stereocenters. The monoisotopic (exact) mass is 477 g/mol. The van der Waals surface area contributed by atoms with Crippen LogP contribution in [0.2, 0.25) is 0 Å². The van der Waals surface area contributed by atoms with Gasteiger partial charge in [0.2, 0.25) is 0 Å². The van der Waals surface area contributed by atoms with Crippen molar-refractivity contribution in [1.29, 1.82) is 0 Å². The number of rotatable bonds is 9. The smallest absolute Gasteiger partial charge is 0.270 e. The van der Waals surface area contributed by atoms with Crippen LogP contribution in [-0.4, -0.2) is 30.6 Å². The number of amides is 1. The number of methoxy groups -OCH3 is 1. The van der Waals surface area contributed by atoms with E-state index >= 15 is 0 Å². The molecule has 1 fully saturated rings. The molecule has 168 valence electrons. The highest BCUT2D eigenvalue weighted by atomic mass is 32.2. The van der Waals surface area contributed by atoms with Gasteiger partial charge in [0.15, 0.2) is 4.32 Å². The summed E-state index contributed by atoms with van der Waals surface area (Å²) in [5.41, 5.74) is 1.60. The van der Waals surface area contributed by atoms with Gasteiger partial charge >= 0.3 is 0 Å². The number of ether oxygens (including phenoxy) is 3. The third kappa shape index (κ3) is 5.74. The predicted octanol–water partition coefficient (Wildman–Crippen LogP) is 5.95. The van der Waals surface area contributed by atoms with Crippen LogP contribution in [-0.2, 0) is 4.79 Å². The molecule has 0 bridgehead atoms. The van der Waals surface area contributed by atoms with Crippen molar-refractivity contribution in [2.24, 2.45) is 0 Å². The van der Waals surface area contributed by atoms with Gasteiger partial charge in [-0.2, -0.15) is 0 Å². The summed E-state index contributed by atoms with van der Waals surface area (Å²) in [4.78, 5) is 15.1. The van der Waals surface area contributed by atoms with E-state index in [0.29, 0.717) is 34.6 Å². The number of para-hydroxylation sites is 2. The lowest BCUT2D eigenvalue weighted by molar-refractivity contribution is -0.113. The summed E-state index contributed by atoms with van der Waals surface area (Å²) < 4.78 is 17.5. The summed E-state index contributed by atoms with van der Waals surface area (Å²) in [6, 6.07) is 24.6. The molecule has 0 radical (unpaired) electrons. The molecular weight excluding hydrogens is 454 g/mol. The third-order valence-corrected chi connectivity index (χ3v) is 6.17. The van der Waals surface area contributed by atoms with Crippen LogP contribution in [0.4, 0.5) is 5.69 Å². The Balaban J connectivity index is 1.37. The van der Waals surface area contributed by atoms with E-state index in [4.69, 9.17) is 26.4 Å². The number of carbonyl (C=O) groups is 1. The highest BCUT2D eigenvalue weighted by Gasteiger charge is 2.33. The number of thioether (sulfide) groups is 1. The van der Waals surface area contributed by atoms with Gasteiger partial charge in [-0.25, -0.2) is 0 Å². The molecule has 0 saturated carbocycles. The number of hydrogen-bond acceptors (Lipinski definition) is 6. The molecule has 0 unspecified atom stereocenters. The second kappa shape index (κ2) is 11.0. The maximum atomic E-state index is 13.0. The van der Waals surface area contributed by atoms with Gasteiger partial charge in [-0.15, -0.1) is 0 Å². The summed E-state index contributed by atoms with van der Waals surface area (Å²) in [5, 5.41) is 0. The molecule has 1 amide bonds. The second-order valence-corrected chi connectivity index (χ2v) is 8.80. The van der Waals surface area contributed by atoms with E-state index < -0.39 is 0 Å². The Kier molecular flexibility index (Phi) is 7.65. The summed E-state index contributed by atoms with van der Waals surface area (Å²) in [5.74, 6) is 2.10. The van der Waals surface area contributed by atoms with Crippen molar-refractivity contribution in [1.82, 2.24) is 0 Å². The first kappa shape index (κ1) is 22.9. The van der Waals surface area contributed by atoms with Gasteiger partial charge < -0.3 is 14.2 Å². The molecule has 1 saturated heterocycles. The average Bonchev–Trinajstić information content (AvgIpc) is 3.13. The number of nitrogens with zero attached hydrogens (tertiary/aromatic N) is 1. The normalized spacial score (nSPS) is 14.6. The van der Waals surface area contributed by atoms with Crippen LogP contribution in [0.15, 0.2) is 83.8 Å². The van der Waals surface area contributed by atoms with Crippen molar-refractivity contribution in [3.63, 3.8) is 0 Å². The van der Waals surface area contributed by atoms with Crippen molar-refractivity contribution in [3.8, 4) is 17.2 Å². The largest absolute Gasteiger partial charge is 0.497 e. The van der Waals surface area contributed by atoms with Crippen LogP contribution >= 0.6 is 24.0 Å². The summed E-state index contributed by atoms with van der Waals surface area (Å²) in [7, 11) is 1.63. The highest BCUT2D eigenvalue weighted by molar-refractivity contribution is 8.27. The van der Waals surface area contributed by atoms with Gasteiger partial charge in [0, 0.05) is 18.1 Å². The van der Waals surface area contributed by atoms with Crippen LogP contribution in [0.1, 0.15) is 12.0 Å². The molecule has 0 aliphatic carbocycles. The van der Waals surface area contributed by atoms with Gasteiger partial charge in [-0.1, -0.05) is 66.4 Å². The fourth-order valence-electron chi connectivity index (χ4n) is 3.26. The molecule has 4 rings (SSSR count). The Morgan fingerprint density at radius 2 is 1.64 bits per heavy atom. The van der Waals surface area contributed by atoms with E-state index in [-0.39, 0.29) is 5.91 Å². The number of carbonyl (C=O) groups excluding carboxylic acids is 1. The Hall–Kier alpha value is -3.29. The Morgan fingerprint density at radius 1 is 0.909 bits per heavy atom. The van der Waals surface area contributed by atoms with Crippen LogP contribution in [0, 0.1) is 0 Å². The summed E-state index contributed by atoms with van der Waals surface area (Å²) in [6.07, 6.45) is 2.55. The van der Waals surface area contributed by atoms with Crippen LogP contribution in [0.5, 0.6) is 17.2 Å². The molecule has 0 aromatic heterocycles. The van der Waals surface area contributed by atoms with Crippen molar-refractivity contribution < 1.29 is 19.0 Å². The Bertz CT molecular complexity index is 1160. The lowest BCUT2D eigenvalue weighted by Crippen LogP contribution is -2.27. The van der Waals surface area contributed by atoms with Crippen LogP contribution in [0.3, 0.4) is 0 Å². The number of anilines is 1. The molecule has 33 heavy (non-hydrogen) atoms. The number of benzene rings is 3. The minimum Gasteiger partial charge on any atom is -0.497 e. The van der Waals surface area contributed by atoms with E-state index in [0.717, 1.165) is 22.7 Å². The zero-order valence-electron chi connectivity index (χ0n) is 18.1. The van der Waals surface area contributed by atoms with Gasteiger partial charge in [0.05, 0.1) is 30.9 Å². The van der Waals surface area contributed by atoms with Gasteiger partial charge in [-0.05, 0) is 36.4 Å². The molecule has 1 aliphatic rings. The predicted molar refractivity (Wildman–Crippen MR) is 137 cm³/mol. The first-order valence-electron chi connectivity index (χ1n) is 10.5. The van der Waals surface area contributed by atoms with E-state index in [9.17, 15) is 4.79 Å². The molecule has 7 heteroatoms. The number of thiocarbonyl (C=S) groups is 1. The maximum absolute atomic E-state index is 13.0. The topological polar surface area (TPSA) is 48.0 Å². The van der Waals surface area contributed by atoms with Crippen molar-refractivity contribution in [2.75, 3.05) is 25.2 Å². The quantitative estimate of drug-likeness (QED) is 0.216. The van der Waals surface area contributed by atoms with E-state index in [1.807, 2.05) is 84.9 Å². The molecule has 3 aromatic rings. The molecule has 3 aromatic carbocycles. The lowest BCUT2D eigenvalue weighted by atomic mass is 10.2. The molecule has 1 heterocycles. The molecule has 5 nitrogen and oxygen atoms in total. The maximum Gasteiger partial charge on any atom is 0.270 e. The molecular formula is C26H23NO4S2. The fourth-order valence-corrected chi connectivity index (χ4v) is 4.55. The third-order valence-electron chi connectivity index (χ3n) is 4.87. The van der Waals surface area contributed by atoms with Crippen molar-refractivity contribution in [2.45, 2.75) is 6.42 Å². The van der Waals surface area contributed by atoms with Gasteiger partial charge in [-0.3, -0.25) is 9.69 Å². The van der Waals surface area contributed by atoms with Crippen molar-refractivity contribution in [3.05, 3.63) is 89.3 Å². The van der Waals surface area contributed by atoms with Crippen LogP contribution < -0.4 is 19.1 Å². The summed E-state index contributed by atoms with van der Waals surface area (Å²) >= 11 is 6.75. The SMILES string of the molecule is COc1cccc(OCCCOc2ccccc2/C=C2/SC(=S)N(c3ccccc3)C2=O)c1. The molecule has 0 N–H and O–H groups in total. The Morgan fingerprint density at radius 3 is 2.45 bits per heavy atom. The van der Waals surface area contributed by atoms with E-state index in [2.05, 4.69) is 0 Å². The standard InChI is InChI=1S/C26H23NO4S2/c1-29-21-12-7-13-22(18-21)30-15-8-16-31-23-14-6-5-9-19(23)17-24-25(28)27(26(32)33-24)20-10-3-2-4-11-20/h2-7,9-14,17-18H,8,15-16H2,1H3/b24-17+. The fraction of sp³-hybridized carbons (Fsp3) is 0.154. The number of hydrogen-bond donors (Lipinski definition) is 0. The van der Waals surface area contributed by atoms with Crippen LogP contribution in [0.25, 0.3) is 6.08 Å². The minimum atomic E-state index is -0.127. The van der Waals surface area contributed by atoms with E-state index in [1.165, 1.54) is 11.8 Å². The van der Waals surface area contributed by atoms with E-state index in [1.54, 1.807) is 12.0 Å². The minimum absolute atomic E-state index is 0.127. The average molecular weight is 478 g/mol. The first-order chi connectivity index (χ1) is 16.2. The highest BCUT2D eigenvalue weighted by Crippen LogP contribution is 2.37. The Labute approximate surface area is 203 Å². The molecule has 1 aliphatic heterocycles. The molecule has 0 spiro atoms. The first-order valence-corrected chi connectivity index (χ1v) is 11.7. The lowest BCUT2D eigenvalue weighted by Gasteiger charge is -2.14.